The van der Waals surface area contributed by atoms with E-state index in [1.54, 1.807) is 40.3 Å². The summed E-state index contributed by atoms with van der Waals surface area (Å²) >= 11 is 0. The maximum Gasteiger partial charge on any atom is 0.356 e. The molecule has 3 aromatic heterocycles. The van der Waals surface area contributed by atoms with Crippen molar-refractivity contribution in [3.63, 3.8) is 0 Å². The van der Waals surface area contributed by atoms with E-state index in [0.717, 1.165) is 5.39 Å². The molecule has 0 aliphatic heterocycles. The molecule has 3 heterocycles. The van der Waals surface area contributed by atoms with Gasteiger partial charge in [-0.2, -0.15) is 0 Å². The van der Waals surface area contributed by atoms with Crippen molar-refractivity contribution < 1.29 is 9.90 Å². The van der Waals surface area contributed by atoms with Crippen LogP contribution in [-0.2, 0) is 0 Å². The highest BCUT2D eigenvalue weighted by Crippen LogP contribution is 2.18. The molecule has 1 N–H and O–H groups in total. The molecule has 0 saturated heterocycles. The van der Waals surface area contributed by atoms with Crippen LogP contribution in [0.5, 0.6) is 0 Å². The highest BCUT2D eigenvalue weighted by atomic mass is 16.4. The van der Waals surface area contributed by atoms with E-state index in [-0.39, 0.29) is 5.69 Å². The van der Waals surface area contributed by atoms with E-state index in [1.165, 1.54) is 6.20 Å². The van der Waals surface area contributed by atoms with Gasteiger partial charge in [0, 0.05) is 30.2 Å². The summed E-state index contributed by atoms with van der Waals surface area (Å²) in [5, 5.41) is 9.95. The van der Waals surface area contributed by atoms with Crippen molar-refractivity contribution in [2.24, 2.45) is 0 Å². The van der Waals surface area contributed by atoms with Crippen LogP contribution in [0.3, 0.4) is 0 Å². The molecule has 0 aromatic carbocycles. The molecule has 3 aromatic rings. The summed E-state index contributed by atoms with van der Waals surface area (Å²) in [6, 6.07) is 3.61. The van der Waals surface area contributed by atoms with Crippen molar-refractivity contribution >= 4 is 16.9 Å². The largest absolute Gasteiger partial charge is 0.476 e. The van der Waals surface area contributed by atoms with Gasteiger partial charge in [0.1, 0.15) is 11.8 Å². The number of carbonyl (C=O) groups is 1. The van der Waals surface area contributed by atoms with Crippen molar-refractivity contribution in [1.29, 1.82) is 0 Å². The zero-order chi connectivity index (χ0) is 11.8. The minimum absolute atomic E-state index is 0.0289. The Morgan fingerprint density at radius 1 is 1.24 bits per heavy atom. The lowest BCUT2D eigenvalue weighted by Gasteiger charge is -2.06. The lowest BCUT2D eigenvalue weighted by Crippen LogP contribution is -2.09. The molecule has 0 bridgehead atoms. The van der Waals surface area contributed by atoms with Gasteiger partial charge in [0.2, 0.25) is 0 Å². The normalized spacial score (nSPS) is 10.8. The van der Waals surface area contributed by atoms with Crippen LogP contribution in [0.4, 0.5) is 0 Å². The summed E-state index contributed by atoms with van der Waals surface area (Å²) in [5.41, 5.74) is 0.583. The molecule has 0 unspecified atom stereocenters. The van der Waals surface area contributed by atoms with E-state index < -0.39 is 5.97 Å². The van der Waals surface area contributed by atoms with Crippen LogP contribution in [-0.4, -0.2) is 30.4 Å². The maximum absolute atomic E-state index is 11.1. The van der Waals surface area contributed by atoms with Gasteiger partial charge in [-0.3, -0.25) is 4.68 Å². The molecular weight excluding hydrogens is 220 g/mol. The van der Waals surface area contributed by atoms with Crippen LogP contribution in [0.25, 0.3) is 10.9 Å². The van der Waals surface area contributed by atoms with Gasteiger partial charge in [0.05, 0.1) is 0 Å². The van der Waals surface area contributed by atoms with E-state index in [9.17, 15) is 4.79 Å². The van der Waals surface area contributed by atoms with Crippen LogP contribution in [0, 0.1) is 0 Å². The Bertz CT molecular complexity index is 685. The number of rotatable bonds is 2. The van der Waals surface area contributed by atoms with E-state index in [0.29, 0.717) is 5.52 Å². The number of nitrogens with zero attached hydrogens (tertiary/aromatic N) is 4. The minimum Gasteiger partial charge on any atom is -0.476 e. The molecule has 0 aliphatic rings. The fraction of sp³-hybridized carbons (Fsp3) is 0. The summed E-state index contributed by atoms with van der Waals surface area (Å²) in [6.45, 7) is 0. The second-order valence-electron chi connectivity index (χ2n) is 3.51. The predicted molar refractivity (Wildman–Crippen MR) is 59.7 cm³/mol. The molecule has 0 aliphatic carbocycles. The number of hydrogen-bond donors (Lipinski definition) is 1. The lowest BCUT2D eigenvalue weighted by atomic mass is 10.2. The molecule has 0 atom stereocenters. The van der Waals surface area contributed by atoms with Crippen LogP contribution in [0.1, 0.15) is 10.5 Å². The van der Waals surface area contributed by atoms with Crippen molar-refractivity contribution in [1.82, 2.24) is 19.3 Å². The smallest absolute Gasteiger partial charge is 0.356 e. The van der Waals surface area contributed by atoms with Gasteiger partial charge in [-0.05, 0) is 12.1 Å². The second-order valence-corrected chi connectivity index (χ2v) is 3.51. The SMILES string of the molecule is O=C(O)c1nccc2ccn(-n3ccnc3)c12. The van der Waals surface area contributed by atoms with Gasteiger partial charge in [-0.25, -0.2) is 19.4 Å². The molecule has 0 amide bonds. The van der Waals surface area contributed by atoms with Crippen LogP contribution < -0.4 is 0 Å². The number of hydrogen-bond acceptors (Lipinski definition) is 3. The fourth-order valence-corrected chi connectivity index (χ4v) is 1.80. The number of carboxylic acid groups (broad SMARTS) is 1. The van der Waals surface area contributed by atoms with Crippen molar-refractivity contribution in [3.05, 3.63) is 48.9 Å². The number of carboxylic acids is 1. The van der Waals surface area contributed by atoms with E-state index in [1.807, 2.05) is 6.07 Å². The average Bonchev–Trinajstić information content (AvgIpc) is 2.96. The Labute approximate surface area is 95.7 Å². The fourth-order valence-electron chi connectivity index (χ4n) is 1.80. The molecule has 0 radical (unpaired) electrons. The first kappa shape index (κ1) is 9.59. The van der Waals surface area contributed by atoms with Crippen LogP contribution >= 0.6 is 0 Å². The number of pyridine rings is 1. The molecule has 17 heavy (non-hydrogen) atoms. The molecule has 0 fully saturated rings. The van der Waals surface area contributed by atoms with Gasteiger partial charge >= 0.3 is 5.97 Å². The monoisotopic (exact) mass is 228 g/mol. The Hall–Kier alpha value is -2.63. The van der Waals surface area contributed by atoms with Gasteiger partial charge < -0.3 is 5.11 Å². The third-order valence-electron chi connectivity index (χ3n) is 2.52. The Morgan fingerprint density at radius 3 is 2.82 bits per heavy atom. The zero-order valence-corrected chi connectivity index (χ0v) is 8.69. The van der Waals surface area contributed by atoms with Crippen molar-refractivity contribution in [2.75, 3.05) is 0 Å². The topological polar surface area (TPSA) is 72.9 Å². The summed E-state index contributed by atoms with van der Waals surface area (Å²) in [5.74, 6) is -1.05. The van der Waals surface area contributed by atoms with Crippen molar-refractivity contribution in [2.45, 2.75) is 0 Å². The molecule has 6 heteroatoms. The first-order valence-corrected chi connectivity index (χ1v) is 4.95. The molecule has 6 nitrogen and oxygen atoms in total. The molecular formula is C11H8N4O2. The number of fused-ring (bicyclic) bond motifs is 1. The Kier molecular flexibility index (Phi) is 1.94. The molecule has 0 spiro atoms. The zero-order valence-electron chi connectivity index (χ0n) is 8.69. The lowest BCUT2D eigenvalue weighted by molar-refractivity contribution is 0.0692. The van der Waals surface area contributed by atoms with Gasteiger partial charge in [0.25, 0.3) is 0 Å². The highest BCUT2D eigenvalue weighted by molar-refractivity contribution is 6.00. The van der Waals surface area contributed by atoms with Gasteiger partial charge in [-0.15, -0.1) is 0 Å². The number of aromatic nitrogens is 4. The summed E-state index contributed by atoms with van der Waals surface area (Å²) < 4.78 is 3.38. The summed E-state index contributed by atoms with van der Waals surface area (Å²) in [4.78, 5) is 19.0. The third-order valence-corrected chi connectivity index (χ3v) is 2.52. The van der Waals surface area contributed by atoms with E-state index in [2.05, 4.69) is 9.97 Å². The number of imidazole rings is 1. The molecule has 84 valence electrons. The van der Waals surface area contributed by atoms with Crippen LogP contribution in [0.15, 0.2) is 43.2 Å². The van der Waals surface area contributed by atoms with Gasteiger partial charge in [0.15, 0.2) is 5.69 Å². The minimum atomic E-state index is -1.05. The summed E-state index contributed by atoms with van der Waals surface area (Å²) in [7, 11) is 0. The Morgan fingerprint density at radius 2 is 2.12 bits per heavy atom. The van der Waals surface area contributed by atoms with Gasteiger partial charge in [-0.1, -0.05) is 0 Å². The van der Waals surface area contributed by atoms with E-state index >= 15 is 0 Å². The maximum atomic E-state index is 11.1. The predicted octanol–water partition coefficient (Wildman–Crippen LogP) is 1.24. The standard InChI is InChI=1S/C11H8N4O2/c16-11(17)9-10-8(1-3-13-9)2-5-15(10)14-6-4-12-7-14/h1-7H,(H,16,17). The first-order chi connectivity index (χ1) is 8.27. The number of aromatic carboxylic acids is 1. The molecule has 0 saturated carbocycles. The quantitative estimate of drug-likeness (QED) is 0.716. The Balaban J connectivity index is 2.37. The second kappa shape index (κ2) is 3.44. The first-order valence-electron chi connectivity index (χ1n) is 4.95. The average molecular weight is 228 g/mol. The molecule has 3 rings (SSSR count). The third kappa shape index (κ3) is 1.38. The van der Waals surface area contributed by atoms with E-state index in [4.69, 9.17) is 5.11 Å². The van der Waals surface area contributed by atoms with Crippen molar-refractivity contribution in [3.8, 4) is 0 Å². The summed E-state index contributed by atoms with van der Waals surface area (Å²) in [6.07, 6.45) is 8.23. The van der Waals surface area contributed by atoms with Crippen LogP contribution in [0.2, 0.25) is 0 Å². The highest BCUT2D eigenvalue weighted by Gasteiger charge is 2.14.